The van der Waals surface area contributed by atoms with Gasteiger partial charge in [0.05, 0.1) is 39.5 Å². The summed E-state index contributed by atoms with van der Waals surface area (Å²) in [5.74, 6) is -0.739. The van der Waals surface area contributed by atoms with Gasteiger partial charge < -0.3 is 9.47 Å². The monoisotopic (exact) mass is 382 g/mol. The third kappa shape index (κ3) is 5.35. The predicted molar refractivity (Wildman–Crippen MR) is 96.4 cm³/mol. The summed E-state index contributed by atoms with van der Waals surface area (Å²) in [7, 11) is 0. The molecule has 2 atom stereocenters. The van der Waals surface area contributed by atoms with Crippen molar-refractivity contribution in [1.29, 1.82) is 0 Å². The summed E-state index contributed by atoms with van der Waals surface area (Å²) in [4.78, 5) is 50.3. The molecular formula is C19H30N2O6. The number of hydrogen-bond acceptors (Lipinski definition) is 6. The first-order chi connectivity index (χ1) is 12.9. The molecule has 2 aliphatic heterocycles. The maximum atomic E-state index is 12.2. The Morgan fingerprint density at radius 1 is 0.852 bits per heavy atom. The Hall–Kier alpha value is -1.80. The predicted octanol–water partition coefficient (Wildman–Crippen LogP) is 0.836. The van der Waals surface area contributed by atoms with Gasteiger partial charge in [0, 0.05) is 24.7 Å². The van der Waals surface area contributed by atoms with Gasteiger partial charge in [0.1, 0.15) is 0 Å². The molecule has 0 spiro atoms. The van der Waals surface area contributed by atoms with Crippen molar-refractivity contribution in [2.75, 3.05) is 39.5 Å². The van der Waals surface area contributed by atoms with Crippen LogP contribution in [-0.4, -0.2) is 72.9 Å². The van der Waals surface area contributed by atoms with Gasteiger partial charge in [-0.15, -0.1) is 0 Å². The van der Waals surface area contributed by atoms with E-state index >= 15 is 0 Å². The lowest BCUT2D eigenvalue weighted by molar-refractivity contribution is -0.142. The lowest BCUT2D eigenvalue weighted by Gasteiger charge is -2.16. The Labute approximate surface area is 160 Å². The molecule has 0 aromatic rings. The second kappa shape index (κ2) is 9.94. The van der Waals surface area contributed by atoms with Crippen LogP contribution in [0, 0.1) is 17.8 Å². The van der Waals surface area contributed by atoms with E-state index in [-0.39, 0.29) is 74.1 Å². The number of nitrogens with zero attached hydrogens (tertiary/aromatic N) is 2. The molecule has 0 saturated carbocycles. The first-order valence-electron chi connectivity index (χ1n) is 9.70. The van der Waals surface area contributed by atoms with Gasteiger partial charge in [0.15, 0.2) is 0 Å². The molecule has 0 radical (unpaired) electrons. The van der Waals surface area contributed by atoms with Crippen LogP contribution in [0.1, 0.15) is 40.0 Å². The first kappa shape index (κ1) is 21.5. The van der Waals surface area contributed by atoms with E-state index in [0.29, 0.717) is 26.1 Å². The minimum absolute atomic E-state index is 0.109. The highest BCUT2D eigenvalue weighted by molar-refractivity contribution is 6.04. The maximum absolute atomic E-state index is 12.2. The van der Waals surface area contributed by atoms with Crippen molar-refractivity contribution in [1.82, 2.24) is 9.80 Å². The molecule has 2 aliphatic rings. The molecule has 2 saturated heterocycles. The number of amides is 4. The third-order valence-corrected chi connectivity index (χ3v) is 5.20. The molecule has 152 valence electrons. The number of carbonyl (C=O) groups excluding carboxylic acids is 4. The molecule has 0 N–H and O–H groups in total. The maximum Gasteiger partial charge on any atom is 0.233 e. The molecule has 0 bridgehead atoms. The summed E-state index contributed by atoms with van der Waals surface area (Å²) in [5.41, 5.74) is 0. The summed E-state index contributed by atoms with van der Waals surface area (Å²) in [6.45, 7) is 7.51. The molecule has 0 aliphatic carbocycles. The molecule has 27 heavy (non-hydrogen) atoms. The van der Waals surface area contributed by atoms with Gasteiger partial charge in [-0.2, -0.15) is 0 Å². The Bertz CT molecular complexity index is 577. The zero-order valence-electron chi connectivity index (χ0n) is 16.4. The normalized spacial score (nSPS) is 23.4. The van der Waals surface area contributed by atoms with Gasteiger partial charge in [0.25, 0.3) is 0 Å². The van der Waals surface area contributed by atoms with Crippen LogP contribution in [0.2, 0.25) is 0 Å². The van der Waals surface area contributed by atoms with Crippen molar-refractivity contribution >= 4 is 23.6 Å². The zero-order chi connectivity index (χ0) is 20.0. The fraction of sp³-hybridized carbons (Fsp3) is 0.789. The molecule has 0 aromatic carbocycles. The Kier molecular flexibility index (Phi) is 7.91. The van der Waals surface area contributed by atoms with E-state index in [9.17, 15) is 19.2 Å². The highest BCUT2D eigenvalue weighted by Gasteiger charge is 2.39. The number of imide groups is 2. The number of rotatable bonds is 11. The quantitative estimate of drug-likeness (QED) is 0.388. The molecular weight excluding hydrogens is 352 g/mol. The fourth-order valence-corrected chi connectivity index (χ4v) is 3.40. The molecule has 8 nitrogen and oxygen atoms in total. The molecule has 8 heteroatoms. The second-order valence-corrected chi connectivity index (χ2v) is 7.36. The Morgan fingerprint density at radius 2 is 1.37 bits per heavy atom. The number of likely N-dealkylation sites (tertiary alicyclic amines) is 2. The van der Waals surface area contributed by atoms with Gasteiger partial charge in [-0.25, -0.2) is 0 Å². The van der Waals surface area contributed by atoms with Crippen molar-refractivity contribution < 1.29 is 28.7 Å². The highest BCUT2D eigenvalue weighted by Crippen LogP contribution is 2.26. The van der Waals surface area contributed by atoms with E-state index in [4.69, 9.17) is 9.47 Å². The van der Waals surface area contributed by atoms with Crippen LogP contribution in [0.3, 0.4) is 0 Å². The largest absolute Gasteiger partial charge is 0.377 e. The SMILES string of the molecule is CCC1CC(=O)N(CCOCCOCCN2C(=O)CC(C(C)C)C2=O)C1=O. The van der Waals surface area contributed by atoms with E-state index in [1.165, 1.54) is 9.80 Å². The minimum atomic E-state index is -0.218. The lowest BCUT2D eigenvalue weighted by Crippen LogP contribution is -2.35. The topological polar surface area (TPSA) is 93.2 Å². The summed E-state index contributed by atoms with van der Waals surface area (Å²) in [5, 5.41) is 0. The molecule has 2 heterocycles. The summed E-state index contributed by atoms with van der Waals surface area (Å²) >= 11 is 0. The third-order valence-electron chi connectivity index (χ3n) is 5.20. The van der Waals surface area contributed by atoms with E-state index in [2.05, 4.69) is 0 Å². The van der Waals surface area contributed by atoms with Gasteiger partial charge in [-0.1, -0.05) is 20.8 Å². The fourth-order valence-electron chi connectivity index (χ4n) is 3.40. The molecule has 2 unspecified atom stereocenters. The highest BCUT2D eigenvalue weighted by atomic mass is 16.5. The summed E-state index contributed by atoms with van der Waals surface area (Å²) in [6, 6.07) is 0. The lowest BCUT2D eigenvalue weighted by atomic mass is 9.94. The van der Waals surface area contributed by atoms with E-state index in [1.54, 1.807) is 0 Å². The minimum Gasteiger partial charge on any atom is -0.377 e. The Balaban J connectivity index is 1.54. The van der Waals surface area contributed by atoms with Crippen LogP contribution < -0.4 is 0 Å². The van der Waals surface area contributed by atoms with Gasteiger partial charge in [0.2, 0.25) is 23.6 Å². The first-order valence-corrected chi connectivity index (χ1v) is 9.70. The van der Waals surface area contributed by atoms with Crippen molar-refractivity contribution in [3.63, 3.8) is 0 Å². The van der Waals surface area contributed by atoms with Crippen molar-refractivity contribution in [2.45, 2.75) is 40.0 Å². The van der Waals surface area contributed by atoms with Crippen molar-refractivity contribution in [3.8, 4) is 0 Å². The number of ether oxygens (including phenoxy) is 2. The number of carbonyl (C=O) groups is 4. The Morgan fingerprint density at radius 3 is 1.81 bits per heavy atom. The van der Waals surface area contributed by atoms with E-state index in [0.717, 1.165) is 0 Å². The average Bonchev–Trinajstić information content (AvgIpc) is 3.07. The number of hydrogen-bond donors (Lipinski definition) is 0. The van der Waals surface area contributed by atoms with Gasteiger partial charge in [-0.05, 0) is 12.3 Å². The molecule has 2 fully saturated rings. The van der Waals surface area contributed by atoms with E-state index < -0.39 is 0 Å². The summed E-state index contributed by atoms with van der Waals surface area (Å²) in [6.07, 6.45) is 1.26. The summed E-state index contributed by atoms with van der Waals surface area (Å²) < 4.78 is 10.8. The average molecular weight is 382 g/mol. The van der Waals surface area contributed by atoms with Crippen LogP contribution in [-0.2, 0) is 28.7 Å². The molecule has 0 aromatic heterocycles. The van der Waals surface area contributed by atoms with Gasteiger partial charge >= 0.3 is 0 Å². The molecule has 4 amide bonds. The van der Waals surface area contributed by atoms with Crippen LogP contribution in [0.25, 0.3) is 0 Å². The van der Waals surface area contributed by atoms with E-state index in [1.807, 2.05) is 20.8 Å². The zero-order valence-corrected chi connectivity index (χ0v) is 16.4. The van der Waals surface area contributed by atoms with Crippen LogP contribution in [0.4, 0.5) is 0 Å². The van der Waals surface area contributed by atoms with Crippen molar-refractivity contribution in [2.24, 2.45) is 17.8 Å². The van der Waals surface area contributed by atoms with Crippen LogP contribution in [0.5, 0.6) is 0 Å². The van der Waals surface area contributed by atoms with Crippen molar-refractivity contribution in [3.05, 3.63) is 0 Å². The smallest absolute Gasteiger partial charge is 0.233 e. The molecule has 2 rings (SSSR count). The van der Waals surface area contributed by atoms with Gasteiger partial charge in [-0.3, -0.25) is 29.0 Å². The standard InChI is InChI=1S/C19H30N2O6/c1-4-14-11-16(22)20(18(14)24)5-7-26-9-10-27-8-6-21-17(23)12-15(13(2)3)19(21)25/h13-15H,4-12H2,1-3H3. The van der Waals surface area contributed by atoms with Crippen LogP contribution >= 0.6 is 0 Å². The second-order valence-electron chi connectivity index (χ2n) is 7.36. The van der Waals surface area contributed by atoms with Crippen LogP contribution in [0.15, 0.2) is 0 Å².